The van der Waals surface area contributed by atoms with E-state index in [1.165, 1.54) is 6.08 Å². The summed E-state index contributed by atoms with van der Waals surface area (Å²) in [5, 5.41) is 8.17. The Bertz CT molecular complexity index is 1000. The molecule has 0 radical (unpaired) electrons. The van der Waals surface area contributed by atoms with E-state index < -0.39 is 41.8 Å². The highest BCUT2D eigenvalue weighted by molar-refractivity contribution is 6.38. The molecule has 3 aliphatic rings. The molecule has 0 bridgehead atoms. The molecule has 1 aliphatic heterocycles. The Labute approximate surface area is 244 Å². The van der Waals surface area contributed by atoms with Crippen LogP contribution in [-0.4, -0.2) is 71.8 Å². The number of alkyl carbamates (subject to hydrolysis) is 1. The fourth-order valence-corrected chi connectivity index (χ4v) is 6.53. The van der Waals surface area contributed by atoms with Gasteiger partial charge in [-0.1, -0.05) is 66.4 Å². The Morgan fingerprint density at radius 2 is 1.71 bits per heavy atom. The van der Waals surface area contributed by atoms with Crippen LogP contribution >= 0.6 is 0 Å². The van der Waals surface area contributed by atoms with E-state index in [4.69, 9.17) is 4.74 Å². The molecule has 230 valence electrons. The summed E-state index contributed by atoms with van der Waals surface area (Å²) in [4.78, 5) is 67.8. The Morgan fingerprint density at radius 3 is 2.29 bits per heavy atom. The number of ether oxygens (including phenoxy) is 1. The summed E-state index contributed by atoms with van der Waals surface area (Å²) < 4.78 is 5.56. The average molecular weight is 575 g/mol. The summed E-state index contributed by atoms with van der Waals surface area (Å²) in [5.74, 6) is -2.05. The molecule has 3 N–H and O–H groups in total. The number of nitrogens with one attached hydrogen (secondary N) is 3. The van der Waals surface area contributed by atoms with Crippen LogP contribution in [0.2, 0.25) is 0 Å². The maximum atomic E-state index is 14.2. The quantitative estimate of drug-likeness (QED) is 0.228. The molecule has 6 atom stereocenters. The predicted molar refractivity (Wildman–Crippen MR) is 156 cm³/mol. The molecule has 0 aromatic carbocycles. The van der Waals surface area contributed by atoms with Crippen molar-refractivity contribution < 1.29 is 28.7 Å². The molecule has 3 fully saturated rings. The number of hydrogen-bond donors (Lipinski definition) is 3. The number of ketones is 1. The van der Waals surface area contributed by atoms with Crippen molar-refractivity contribution in [2.75, 3.05) is 13.1 Å². The summed E-state index contributed by atoms with van der Waals surface area (Å²) in [6.07, 6.45) is 6.09. The Kier molecular flexibility index (Phi) is 11.0. The van der Waals surface area contributed by atoms with E-state index in [2.05, 4.69) is 36.4 Å². The first kappa shape index (κ1) is 32.6. The van der Waals surface area contributed by atoms with Crippen LogP contribution in [0.3, 0.4) is 0 Å². The van der Waals surface area contributed by atoms with Crippen LogP contribution in [0.1, 0.15) is 86.5 Å². The minimum absolute atomic E-state index is 0.0465. The van der Waals surface area contributed by atoms with Gasteiger partial charge in [0.05, 0.1) is 6.04 Å². The van der Waals surface area contributed by atoms with E-state index in [0.717, 1.165) is 32.1 Å². The van der Waals surface area contributed by atoms with Gasteiger partial charge in [0.2, 0.25) is 17.6 Å². The van der Waals surface area contributed by atoms with Gasteiger partial charge in [-0.15, -0.1) is 6.58 Å². The number of amides is 4. The second-order valence-corrected chi connectivity index (χ2v) is 13.0. The highest BCUT2D eigenvalue weighted by atomic mass is 16.6. The zero-order valence-corrected chi connectivity index (χ0v) is 25.7. The summed E-state index contributed by atoms with van der Waals surface area (Å²) >= 11 is 0. The van der Waals surface area contributed by atoms with Crippen LogP contribution in [-0.2, 0) is 23.9 Å². The second-order valence-electron chi connectivity index (χ2n) is 13.0. The molecule has 3 rings (SSSR count). The summed E-state index contributed by atoms with van der Waals surface area (Å²) in [5.41, 5.74) is -0.135. The van der Waals surface area contributed by atoms with E-state index in [9.17, 15) is 24.0 Å². The maximum Gasteiger partial charge on any atom is 0.408 e. The van der Waals surface area contributed by atoms with Gasteiger partial charge in [0.25, 0.3) is 5.91 Å². The Morgan fingerprint density at radius 1 is 1.05 bits per heavy atom. The summed E-state index contributed by atoms with van der Waals surface area (Å²) in [6.45, 7) is 15.9. The molecule has 4 amide bonds. The lowest BCUT2D eigenvalue weighted by Gasteiger charge is -2.37. The lowest BCUT2D eigenvalue weighted by Crippen LogP contribution is -2.59. The van der Waals surface area contributed by atoms with Crippen LogP contribution in [0, 0.1) is 29.1 Å². The SMILES string of the molecule is C=CCNC(=O)C(=O)C(CCC)NC(=O)[C@@H]1[C@@H]2[C@H](CN1C(=O)[C@@H](NC(=O)O[C@@H](C)C(C)C)C1CCCCC1)C2(C)C. The molecule has 1 heterocycles. The molecule has 10 heteroatoms. The lowest BCUT2D eigenvalue weighted by atomic mass is 9.83. The first-order chi connectivity index (χ1) is 19.3. The number of piperidine rings is 1. The number of Topliss-reactive ketones (excluding diaryl/α,β-unsaturated/α-hetero) is 1. The minimum Gasteiger partial charge on any atom is -0.446 e. The van der Waals surface area contributed by atoms with Crippen molar-refractivity contribution in [3.63, 3.8) is 0 Å². The smallest absolute Gasteiger partial charge is 0.408 e. The van der Waals surface area contributed by atoms with Crippen LogP contribution in [0.5, 0.6) is 0 Å². The van der Waals surface area contributed by atoms with Crippen molar-refractivity contribution in [2.45, 2.75) is 111 Å². The molecular formula is C31H50N4O6. The molecule has 0 spiro atoms. The predicted octanol–water partition coefficient (Wildman–Crippen LogP) is 3.35. The highest BCUT2D eigenvalue weighted by Crippen LogP contribution is 2.65. The highest BCUT2D eigenvalue weighted by Gasteiger charge is 2.69. The van der Waals surface area contributed by atoms with Crippen LogP contribution in [0.25, 0.3) is 0 Å². The zero-order valence-electron chi connectivity index (χ0n) is 25.7. The zero-order chi connectivity index (χ0) is 30.5. The van der Waals surface area contributed by atoms with Crippen LogP contribution in [0.4, 0.5) is 4.79 Å². The van der Waals surface area contributed by atoms with E-state index in [1.54, 1.807) is 4.90 Å². The third-order valence-electron chi connectivity index (χ3n) is 9.49. The third kappa shape index (κ3) is 7.49. The van der Waals surface area contributed by atoms with Gasteiger partial charge in [0.1, 0.15) is 18.2 Å². The molecule has 0 aromatic heterocycles. The van der Waals surface area contributed by atoms with Gasteiger partial charge in [0, 0.05) is 13.1 Å². The number of fused-ring (bicyclic) bond motifs is 1. The molecule has 10 nitrogen and oxygen atoms in total. The molecule has 2 aliphatic carbocycles. The van der Waals surface area contributed by atoms with Crippen LogP contribution < -0.4 is 16.0 Å². The number of hydrogen-bond acceptors (Lipinski definition) is 6. The lowest BCUT2D eigenvalue weighted by molar-refractivity contribution is -0.145. The topological polar surface area (TPSA) is 134 Å². The number of rotatable bonds is 13. The first-order valence-electron chi connectivity index (χ1n) is 15.4. The minimum atomic E-state index is -0.991. The Hall–Kier alpha value is -2.91. The normalized spacial score (nSPS) is 25.3. The third-order valence-corrected chi connectivity index (χ3v) is 9.49. The van der Waals surface area contributed by atoms with Gasteiger partial charge < -0.3 is 25.6 Å². The van der Waals surface area contributed by atoms with Crippen molar-refractivity contribution in [1.29, 1.82) is 0 Å². The van der Waals surface area contributed by atoms with Gasteiger partial charge in [-0.3, -0.25) is 19.2 Å². The van der Waals surface area contributed by atoms with Gasteiger partial charge in [-0.2, -0.15) is 0 Å². The van der Waals surface area contributed by atoms with Gasteiger partial charge in [-0.05, 0) is 55.3 Å². The maximum absolute atomic E-state index is 14.2. The van der Waals surface area contributed by atoms with Crippen molar-refractivity contribution >= 4 is 29.6 Å². The van der Waals surface area contributed by atoms with E-state index in [0.29, 0.717) is 19.4 Å². The van der Waals surface area contributed by atoms with Crippen molar-refractivity contribution in [3.8, 4) is 0 Å². The number of likely N-dealkylation sites (tertiary alicyclic amines) is 1. The van der Waals surface area contributed by atoms with Crippen LogP contribution in [0.15, 0.2) is 12.7 Å². The average Bonchev–Trinajstić information content (AvgIpc) is 3.25. The monoisotopic (exact) mass is 574 g/mol. The summed E-state index contributed by atoms with van der Waals surface area (Å²) in [7, 11) is 0. The van der Waals surface area contributed by atoms with Crippen molar-refractivity contribution in [3.05, 3.63) is 12.7 Å². The fraction of sp³-hybridized carbons (Fsp3) is 0.774. The van der Waals surface area contributed by atoms with Gasteiger partial charge >= 0.3 is 6.09 Å². The second kappa shape index (κ2) is 13.8. The molecule has 2 saturated carbocycles. The first-order valence-corrected chi connectivity index (χ1v) is 15.4. The van der Waals surface area contributed by atoms with Crippen molar-refractivity contribution in [2.24, 2.45) is 29.1 Å². The fourth-order valence-electron chi connectivity index (χ4n) is 6.53. The van der Waals surface area contributed by atoms with E-state index in [-0.39, 0.29) is 47.6 Å². The number of nitrogens with zero attached hydrogens (tertiary/aromatic N) is 1. The van der Waals surface area contributed by atoms with E-state index >= 15 is 0 Å². The van der Waals surface area contributed by atoms with Crippen molar-refractivity contribution in [1.82, 2.24) is 20.9 Å². The van der Waals surface area contributed by atoms with Gasteiger partial charge in [0.15, 0.2) is 0 Å². The Balaban J connectivity index is 1.83. The van der Waals surface area contributed by atoms with E-state index in [1.807, 2.05) is 27.7 Å². The molecule has 41 heavy (non-hydrogen) atoms. The standard InChI is InChI=1S/C31H50N4O6/c1-8-13-22(26(36)28(38)32-16-9-2)33-27(37)25-23-21(31(23,6)7)17-35(25)29(39)24(20-14-11-10-12-15-20)34-30(40)41-19(5)18(3)4/h9,18-25H,2,8,10-17H2,1,3-7H3,(H,32,38)(H,33,37)(H,34,40)/t19-,21-,22?,23-,24-,25-/m0/s1. The molecule has 0 aromatic rings. The molecule has 1 unspecified atom stereocenters. The molecule has 1 saturated heterocycles. The largest absolute Gasteiger partial charge is 0.446 e. The molecular weight excluding hydrogens is 524 g/mol. The number of carbonyl (C=O) groups is 5. The summed E-state index contributed by atoms with van der Waals surface area (Å²) in [6, 6.07) is -2.57. The number of carbonyl (C=O) groups excluding carboxylic acids is 5. The van der Waals surface area contributed by atoms with Gasteiger partial charge in [-0.25, -0.2) is 4.79 Å².